The minimum atomic E-state index is 0.518. The molecule has 2 N–H and O–H groups in total. The van der Waals surface area contributed by atoms with E-state index in [1.165, 1.54) is 5.56 Å². The molecule has 0 amide bonds. The molecule has 22 heavy (non-hydrogen) atoms. The van der Waals surface area contributed by atoms with Crippen LogP contribution in [0, 0.1) is 0 Å². The van der Waals surface area contributed by atoms with Gasteiger partial charge in [-0.15, -0.1) is 0 Å². The van der Waals surface area contributed by atoms with Crippen molar-refractivity contribution in [3.8, 4) is 11.5 Å². The normalized spacial score (nSPS) is 12.7. The summed E-state index contributed by atoms with van der Waals surface area (Å²) in [5, 5.41) is 0. The fraction of sp³-hybridized carbons (Fsp3) is 0.235. The number of oxazole rings is 1. The first-order chi connectivity index (χ1) is 10.5. The molecule has 3 nitrogen and oxygen atoms in total. The van der Waals surface area contributed by atoms with Crippen LogP contribution in [-0.4, -0.2) is 4.98 Å². The Balaban J connectivity index is 2.09. The summed E-state index contributed by atoms with van der Waals surface area (Å²) in [6.45, 7) is 4.41. The van der Waals surface area contributed by atoms with Gasteiger partial charge in [0.05, 0.1) is 5.69 Å². The monoisotopic (exact) mass is 422 g/mol. The van der Waals surface area contributed by atoms with Gasteiger partial charge in [-0.05, 0) is 74.0 Å². The van der Waals surface area contributed by atoms with Crippen LogP contribution in [0.3, 0.4) is 0 Å². The van der Waals surface area contributed by atoms with Gasteiger partial charge >= 0.3 is 0 Å². The molecule has 0 bridgehead atoms. The molecule has 3 rings (SSSR count). The third-order valence-electron chi connectivity index (χ3n) is 3.92. The van der Waals surface area contributed by atoms with Gasteiger partial charge in [0, 0.05) is 14.5 Å². The number of aromatic nitrogens is 1. The topological polar surface area (TPSA) is 52.0 Å². The molecule has 0 fully saturated rings. The van der Waals surface area contributed by atoms with E-state index in [1.54, 1.807) is 0 Å². The van der Waals surface area contributed by atoms with E-state index in [2.05, 4.69) is 62.8 Å². The number of hydrogen-bond donors (Lipinski definition) is 1. The van der Waals surface area contributed by atoms with E-state index in [9.17, 15) is 0 Å². The molecule has 1 aromatic heterocycles. The third kappa shape index (κ3) is 2.79. The van der Waals surface area contributed by atoms with Crippen LogP contribution in [0.1, 0.15) is 31.7 Å². The fourth-order valence-corrected chi connectivity index (χ4v) is 3.50. The zero-order valence-electron chi connectivity index (χ0n) is 12.4. The smallest absolute Gasteiger partial charge is 0.227 e. The molecule has 2 aromatic carbocycles. The molecule has 1 heterocycles. The molecule has 114 valence electrons. The van der Waals surface area contributed by atoms with Gasteiger partial charge in [0.1, 0.15) is 5.52 Å². The number of fused-ring (bicyclic) bond motifs is 1. The number of nitrogen functional groups attached to an aromatic ring is 1. The van der Waals surface area contributed by atoms with Crippen LogP contribution in [0.2, 0.25) is 0 Å². The van der Waals surface area contributed by atoms with Crippen molar-refractivity contribution in [1.82, 2.24) is 4.98 Å². The first-order valence-electron chi connectivity index (χ1n) is 7.15. The highest BCUT2D eigenvalue weighted by Gasteiger charge is 2.13. The molecule has 0 saturated carbocycles. The summed E-state index contributed by atoms with van der Waals surface area (Å²) < 4.78 is 7.52. The zero-order chi connectivity index (χ0) is 15.9. The quantitative estimate of drug-likeness (QED) is 0.516. The number of nitrogens with zero attached hydrogens (tertiary/aromatic N) is 1. The average molecular weight is 424 g/mol. The molecule has 0 saturated heterocycles. The van der Waals surface area contributed by atoms with Crippen molar-refractivity contribution in [3.63, 3.8) is 0 Å². The van der Waals surface area contributed by atoms with E-state index in [0.29, 0.717) is 17.5 Å². The van der Waals surface area contributed by atoms with Crippen molar-refractivity contribution in [3.05, 3.63) is 44.8 Å². The van der Waals surface area contributed by atoms with Crippen LogP contribution in [0.5, 0.6) is 0 Å². The number of nitrogens with two attached hydrogens (primary N) is 1. The first kappa shape index (κ1) is 15.6. The molecule has 5 heteroatoms. The molecule has 0 aliphatic carbocycles. The minimum absolute atomic E-state index is 0.518. The Hall–Kier alpha value is -1.33. The zero-order valence-corrected chi connectivity index (χ0v) is 15.5. The molecule has 0 aliphatic heterocycles. The number of benzene rings is 2. The lowest BCUT2D eigenvalue weighted by Crippen LogP contribution is -1.90. The highest BCUT2D eigenvalue weighted by Crippen LogP contribution is 2.35. The van der Waals surface area contributed by atoms with Gasteiger partial charge in [-0.2, -0.15) is 0 Å². The Morgan fingerprint density at radius 1 is 1.18 bits per heavy atom. The van der Waals surface area contributed by atoms with Crippen LogP contribution >= 0.6 is 31.9 Å². The third-order valence-corrected chi connectivity index (χ3v) is 5.23. The van der Waals surface area contributed by atoms with E-state index in [0.717, 1.165) is 32.0 Å². The van der Waals surface area contributed by atoms with Gasteiger partial charge in [0.25, 0.3) is 0 Å². The molecular weight excluding hydrogens is 408 g/mol. The van der Waals surface area contributed by atoms with Gasteiger partial charge in [-0.25, -0.2) is 4.98 Å². The fourth-order valence-electron chi connectivity index (χ4n) is 2.32. The number of anilines is 1. The Morgan fingerprint density at radius 3 is 2.50 bits per heavy atom. The molecule has 0 radical (unpaired) electrons. The predicted molar refractivity (Wildman–Crippen MR) is 98.0 cm³/mol. The van der Waals surface area contributed by atoms with Gasteiger partial charge in [0.15, 0.2) is 5.58 Å². The lowest BCUT2D eigenvalue weighted by atomic mass is 9.98. The molecule has 1 unspecified atom stereocenters. The summed E-state index contributed by atoms with van der Waals surface area (Å²) in [5.41, 5.74) is 10.4. The van der Waals surface area contributed by atoms with E-state index >= 15 is 0 Å². The van der Waals surface area contributed by atoms with Crippen molar-refractivity contribution in [2.75, 3.05) is 5.73 Å². The molecule has 0 spiro atoms. The Bertz CT molecular complexity index is 819. The maximum Gasteiger partial charge on any atom is 0.227 e. The van der Waals surface area contributed by atoms with Crippen molar-refractivity contribution >= 4 is 48.6 Å². The number of halogens is 2. The second-order valence-corrected chi connectivity index (χ2v) is 7.12. The van der Waals surface area contributed by atoms with Crippen LogP contribution in [0.25, 0.3) is 22.6 Å². The van der Waals surface area contributed by atoms with Crippen molar-refractivity contribution < 1.29 is 4.42 Å². The molecule has 3 aromatic rings. The van der Waals surface area contributed by atoms with E-state index in [4.69, 9.17) is 10.2 Å². The van der Waals surface area contributed by atoms with Gasteiger partial charge in [-0.3, -0.25) is 0 Å². The molecular formula is C17H16Br2N2O. The average Bonchev–Trinajstić information content (AvgIpc) is 2.94. The van der Waals surface area contributed by atoms with Gasteiger partial charge < -0.3 is 10.2 Å². The number of hydrogen-bond acceptors (Lipinski definition) is 3. The summed E-state index contributed by atoms with van der Waals surface area (Å²) in [7, 11) is 0. The summed E-state index contributed by atoms with van der Waals surface area (Å²) >= 11 is 6.91. The van der Waals surface area contributed by atoms with Crippen LogP contribution in [-0.2, 0) is 0 Å². The Labute approximate surface area is 146 Å². The van der Waals surface area contributed by atoms with Crippen LogP contribution < -0.4 is 5.73 Å². The van der Waals surface area contributed by atoms with Crippen LogP contribution in [0.4, 0.5) is 5.69 Å². The highest BCUT2D eigenvalue weighted by molar-refractivity contribution is 9.11. The maximum atomic E-state index is 5.93. The predicted octanol–water partition coefficient (Wildman–Crippen LogP) is 6.12. The van der Waals surface area contributed by atoms with Gasteiger partial charge in [0.2, 0.25) is 5.89 Å². The lowest BCUT2D eigenvalue weighted by molar-refractivity contribution is 0.619. The standard InChI is InChI=1S/C17H16Br2N2O/c1-3-9(2)10-4-5-15-14(8-10)21-17(22-15)11-6-12(18)16(20)13(19)7-11/h4-9H,3,20H2,1-2H3. The molecule has 1 atom stereocenters. The van der Waals surface area contributed by atoms with Crippen LogP contribution in [0.15, 0.2) is 43.7 Å². The van der Waals surface area contributed by atoms with Gasteiger partial charge in [-0.1, -0.05) is 19.9 Å². The van der Waals surface area contributed by atoms with Crippen molar-refractivity contribution in [2.24, 2.45) is 0 Å². The number of rotatable bonds is 3. The first-order valence-corrected chi connectivity index (χ1v) is 8.73. The molecule has 0 aliphatic rings. The maximum absolute atomic E-state index is 5.93. The second kappa shape index (κ2) is 6.05. The highest BCUT2D eigenvalue weighted by atomic mass is 79.9. The van der Waals surface area contributed by atoms with Crippen molar-refractivity contribution in [2.45, 2.75) is 26.2 Å². The second-order valence-electron chi connectivity index (χ2n) is 5.41. The van der Waals surface area contributed by atoms with E-state index in [1.807, 2.05) is 18.2 Å². The summed E-state index contributed by atoms with van der Waals surface area (Å²) in [4.78, 5) is 4.62. The SMILES string of the molecule is CCC(C)c1ccc2oc(-c3cc(Br)c(N)c(Br)c3)nc2c1. The van der Waals surface area contributed by atoms with E-state index < -0.39 is 0 Å². The summed E-state index contributed by atoms with van der Waals surface area (Å²) in [5.74, 6) is 1.11. The van der Waals surface area contributed by atoms with Crippen molar-refractivity contribution in [1.29, 1.82) is 0 Å². The largest absolute Gasteiger partial charge is 0.436 e. The lowest BCUT2D eigenvalue weighted by Gasteiger charge is -2.07. The van der Waals surface area contributed by atoms with E-state index in [-0.39, 0.29) is 0 Å². The minimum Gasteiger partial charge on any atom is -0.436 e. The summed E-state index contributed by atoms with van der Waals surface area (Å²) in [6, 6.07) is 10.0. The summed E-state index contributed by atoms with van der Waals surface area (Å²) in [6.07, 6.45) is 1.11. The Kier molecular flexibility index (Phi) is 4.28. The Morgan fingerprint density at radius 2 is 1.86 bits per heavy atom.